The van der Waals surface area contributed by atoms with E-state index >= 15 is 0 Å². The molecule has 0 aliphatic carbocycles. The molecule has 0 N–H and O–H groups in total. The standard InChI is InChI=1S/C2H5.CH3O2S.Sn/c1-2;1-4(2)3;/h1H2,2H3;1H3;/q;-1;+1. The second kappa shape index (κ2) is 9.89. The predicted octanol–water partition coefficient (Wildman–Crippen LogP) is 0.519. The number of hydrogen-bond acceptors (Lipinski definition) is 3. The Morgan fingerprint density at radius 3 is 1.57 bits per heavy atom. The van der Waals surface area contributed by atoms with Gasteiger partial charge in [-0.15, -0.1) is 0 Å². The molecule has 0 saturated heterocycles. The van der Waals surface area contributed by atoms with Gasteiger partial charge in [0.05, 0.1) is 0 Å². The number of hydrogen-bond donors (Lipinski definition) is 0. The molecule has 0 fully saturated rings. The van der Waals surface area contributed by atoms with Crippen molar-refractivity contribution in [2.45, 2.75) is 11.4 Å². The fourth-order valence-electron chi connectivity index (χ4n) is 0. The van der Waals surface area contributed by atoms with Crippen LogP contribution in [0.15, 0.2) is 0 Å². The summed E-state index contributed by atoms with van der Waals surface area (Å²) in [5.74, 6) is 0. The largest absolute Gasteiger partial charge is 0.424 e. The Balaban J connectivity index is 0. The second-order valence-corrected chi connectivity index (χ2v) is 3.58. The zero-order valence-electron chi connectivity index (χ0n) is 4.43. The van der Waals surface area contributed by atoms with Gasteiger partial charge in [-0.05, 0) is 0 Å². The van der Waals surface area contributed by atoms with Crippen LogP contribution in [0.3, 0.4) is 0 Å². The third-order valence-corrected chi connectivity index (χ3v) is 0. The third kappa shape index (κ3) is 271. The monoisotopic (exact) mass is 228 g/mol. The molecule has 4 heteroatoms. The average molecular weight is 227 g/mol. The van der Waals surface area contributed by atoms with Gasteiger partial charge in [-0.3, -0.25) is 0 Å². The van der Waals surface area contributed by atoms with Crippen LogP contribution in [-0.4, -0.2) is 28.8 Å². The molecule has 7 heavy (non-hydrogen) atoms. The van der Waals surface area contributed by atoms with E-state index in [-0.39, 0.29) is 0 Å². The molecule has 0 aliphatic heterocycles. The predicted molar refractivity (Wildman–Crippen MR) is 30.9 cm³/mol. The van der Waals surface area contributed by atoms with Gasteiger partial charge in [0.15, 0.2) is 0 Å². The fourth-order valence-corrected chi connectivity index (χ4v) is 0. The fraction of sp³-hybridized carbons (Fsp3) is 1.00. The molecular weight excluding hydrogens is 219 g/mol. The summed E-state index contributed by atoms with van der Waals surface area (Å²) in [7, 11) is -1.86. The summed E-state index contributed by atoms with van der Waals surface area (Å²) >= 11 is 1.64. The van der Waals surface area contributed by atoms with Crippen molar-refractivity contribution >= 4 is 33.2 Å². The molecule has 0 rings (SSSR count). The molecule has 0 spiro atoms. The van der Waals surface area contributed by atoms with E-state index in [4.69, 9.17) is 8.42 Å². The molecule has 0 aromatic heterocycles. The van der Waals surface area contributed by atoms with Gasteiger partial charge in [0.1, 0.15) is 0 Å². The van der Waals surface area contributed by atoms with Crippen molar-refractivity contribution in [2.75, 3.05) is 6.26 Å². The zero-order valence-corrected chi connectivity index (χ0v) is 8.10. The minimum atomic E-state index is -1.86. The van der Waals surface area contributed by atoms with Gasteiger partial charge in [0, 0.05) is 0 Å². The van der Waals surface area contributed by atoms with Crippen LogP contribution in [0.5, 0.6) is 0 Å². The van der Waals surface area contributed by atoms with E-state index in [2.05, 4.69) is 6.92 Å². The summed E-state index contributed by atoms with van der Waals surface area (Å²) in [6.07, 6.45) is 1.08. The summed E-state index contributed by atoms with van der Waals surface area (Å²) in [4.78, 5) is 0. The maximum absolute atomic E-state index is 9.00. The van der Waals surface area contributed by atoms with Crippen LogP contribution in [0.1, 0.15) is 6.92 Å². The van der Waals surface area contributed by atoms with E-state index in [1.165, 1.54) is 4.44 Å². The molecule has 0 aromatic carbocycles. The molecule has 0 bridgehead atoms. The van der Waals surface area contributed by atoms with Crippen molar-refractivity contribution in [2.24, 2.45) is 0 Å². The minimum absolute atomic E-state index is 1.08. The molecule has 2 nitrogen and oxygen atoms in total. The minimum Gasteiger partial charge on any atom is -0.424 e. The molecule has 0 aromatic rings. The summed E-state index contributed by atoms with van der Waals surface area (Å²) < 4.78 is 19.3. The van der Waals surface area contributed by atoms with Crippen molar-refractivity contribution in [1.29, 1.82) is 0 Å². The van der Waals surface area contributed by atoms with E-state index in [9.17, 15) is 0 Å². The van der Waals surface area contributed by atoms with Gasteiger partial charge in [-0.25, -0.2) is 0 Å². The van der Waals surface area contributed by atoms with Crippen molar-refractivity contribution < 1.29 is 8.42 Å². The van der Waals surface area contributed by atoms with E-state index in [1.807, 2.05) is 0 Å². The third-order valence-electron chi connectivity index (χ3n) is 0. The first-order valence-electron chi connectivity index (χ1n) is 1.80. The van der Waals surface area contributed by atoms with Crippen LogP contribution < -0.4 is 0 Å². The Morgan fingerprint density at radius 2 is 1.57 bits per heavy atom. The van der Waals surface area contributed by atoms with Crippen LogP contribution in [0.4, 0.5) is 0 Å². The molecule has 0 saturated carbocycles. The summed E-state index contributed by atoms with van der Waals surface area (Å²) in [5, 5.41) is 0. The van der Waals surface area contributed by atoms with E-state index in [0.717, 1.165) is 6.26 Å². The Morgan fingerprint density at radius 1 is 1.57 bits per heavy atom. The zero-order chi connectivity index (χ0) is 6.28. The molecule has 0 atom stereocenters. The van der Waals surface area contributed by atoms with Crippen molar-refractivity contribution in [3.8, 4) is 0 Å². The van der Waals surface area contributed by atoms with Crippen LogP contribution in [-0.2, 0) is 19.1 Å². The van der Waals surface area contributed by atoms with Crippen molar-refractivity contribution in [3.63, 3.8) is 0 Å². The summed E-state index contributed by atoms with van der Waals surface area (Å²) in [6.45, 7) is 2.16. The van der Waals surface area contributed by atoms with E-state index in [0.29, 0.717) is 0 Å². The first kappa shape index (κ1) is 10.7. The van der Waals surface area contributed by atoms with E-state index < -0.39 is 10.7 Å². The van der Waals surface area contributed by atoms with Gasteiger partial charge in [0.2, 0.25) is 0 Å². The van der Waals surface area contributed by atoms with Gasteiger partial charge < -0.3 is 8.42 Å². The van der Waals surface area contributed by atoms with Crippen LogP contribution in [0, 0.1) is 0 Å². The maximum atomic E-state index is 9.00. The van der Waals surface area contributed by atoms with Crippen LogP contribution >= 0.6 is 0 Å². The quantitative estimate of drug-likeness (QED) is 0.446. The van der Waals surface area contributed by atoms with Gasteiger partial charge in [-0.1, -0.05) is 17.0 Å². The van der Waals surface area contributed by atoms with Gasteiger partial charge >= 0.3 is 33.9 Å². The molecule has 0 amide bonds. The Hall–Kier alpha value is 0.749. The van der Waals surface area contributed by atoms with Crippen molar-refractivity contribution in [1.82, 2.24) is 0 Å². The molecule has 2 radical (unpaired) electrons. The van der Waals surface area contributed by atoms with E-state index in [1.54, 1.807) is 22.5 Å². The SMILES string of the molecule is C[CH2][Sn+].C[S-](=O)=O. The Kier molecular flexibility index (Phi) is 15.1. The molecule has 42 valence electrons. The Labute approximate surface area is 59.3 Å². The van der Waals surface area contributed by atoms with Crippen molar-refractivity contribution in [3.05, 3.63) is 0 Å². The smallest absolute Gasteiger partial charge is 0.0787 e. The topological polar surface area (TPSA) is 34.1 Å². The molecule has 0 aliphatic rings. The second-order valence-electron chi connectivity index (χ2n) is 0.755. The normalized spacial score (nSPS) is 7.29. The first-order chi connectivity index (χ1) is 3.15. The average Bonchev–Trinajstić information content (AvgIpc) is 1.33. The Bertz CT molecular complexity index is 71.0. The maximum Gasteiger partial charge on any atom is -0.0787 e. The van der Waals surface area contributed by atoms with Crippen LogP contribution in [0.2, 0.25) is 4.44 Å². The summed E-state index contributed by atoms with van der Waals surface area (Å²) in [6, 6.07) is 0. The summed E-state index contributed by atoms with van der Waals surface area (Å²) in [5.41, 5.74) is 0. The van der Waals surface area contributed by atoms with Gasteiger partial charge in [0.25, 0.3) is 0 Å². The molecule has 0 unspecified atom stereocenters. The molecule has 0 heterocycles. The van der Waals surface area contributed by atoms with Crippen LogP contribution in [0.25, 0.3) is 0 Å². The first-order valence-corrected chi connectivity index (χ1v) is 5.30. The number of rotatable bonds is 0. The molecular formula is C3H8O2SSn. The van der Waals surface area contributed by atoms with Gasteiger partial charge in [-0.2, -0.15) is 0 Å².